The average Bonchev–Trinajstić information content (AvgIpc) is 3.22. The summed E-state index contributed by atoms with van der Waals surface area (Å²) in [4.78, 5) is 24.9. The number of carbonyl (C=O) groups is 2. The number of amides is 2. The fraction of sp³-hybridized carbons (Fsp3) is 0.652. The van der Waals surface area contributed by atoms with E-state index in [4.69, 9.17) is 5.73 Å². The van der Waals surface area contributed by atoms with Crippen molar-refractivity contribution in [1.82, 2.24) is 10.6 Å². The van der Waals surface area contributed by atoms with Gasteiger partial charge in [-0.2, -0.15) is 0 Å². The van der Waals surface area contributed by atoms with Crippen LogP contribution in [0.15, 0.2) is 24.3 Å². The van der Waals surface area contributed by atoms with Crippen LogP contribution >= 0.6 is 12.4 Å². The molecule has 160 valence electrons. The highest BCUT2D eigenvalue weighted by atomic mass is 35.5. The molecular weight excluding hydrogens is 386 g/mol. The molecule has 6 heteroatoms. The standard InChI is InChI=1S/C23H33N3O2.ClH/c24-20-12-18-6-3-7-19(13-20)21(18)26-23(28)17-10-8-15(9-11-17)14-25-22(27)16-4-1-2-5-16;/h8-11,16,18-21H,1-7,12-14,24H2,(H,25,27)(H,26,28);1H. The Morgan fingerprint density at radius 3 is 2.17 bits per heavy atom. The first-order valence-corrected chi connectivity index (χ1v) is 11.0. The van der Waals surface area contributed by atoms with Crippen LogP contribution in [0.1, 0.15) is 73.7 Å². The molecule has 0 saturated heterocycles. The molecule has 3 aliphatic carbocycles. The van der Waals surface area contributed by atoms with E-state index in [0.29, 0.717) is 30.0 Å². The first-order chi connectivity index (χ1) is 13.6. The number of nitrogens with two attached hydrogens (primary N) is 1. The van der Waals surface area contributed by atoms with Gasteiger partial charge in [-0.3, -0.25) is 9.59 Å². The van der Waals surface area contributed by atoms with Crippen molar-refractivity contribution in [2.75, 3.05) is 0 Å². The minimum absolute atomic E-state index is 0. The van der Waals surface area contributed by atoms with Crippen LogP contribution in [0.25, 0.3) is 0 Å². The molecule has 0 aromatic heterocycles. The molecule has 1 aromatic rings. The van der Waals surface area contributed by atoms with Crippen LogP contribution in [0.2, 0.25) is 0 Å². The predicted molar refractivity (Wildman–Crippen MR) is 117 cm³/mol. The summed E-state index contributed by atoms with van der Waals surface area (Å²) in [5, 5.41) is 6.34. The van der Waals surface area contributed by atoms with Crippen molar-refractivity contribution >= 4 is 24.2 Å². The van der Waals surface area contributed by atoms with Crippen LogP contribution in [-0.2, 0) is 11.3 Å². The minimum Gasteiger partial charge on any atom is -0.352 e. The Labute approximate surface area is 180 Å². The van der Waals surface area contributed by atoms with Gasteiger partial charge in [0.1, 0.15) is 0 Å². The molecule has 0 heterocycles. The van der Waals surface area contributed by atoms with Gasteiger partial charge in [-0.25, -0.2) is 0 Å². The first-order valence-electron chi connectivity index (χ1n) is 11.0. The molecule has 2 atom stereocenters. The maximum absolute atomic E-state index is 12.8. The highest BCUT2D eigenvalue weighted by Gasteiger charge is 2.39. The van der Waals surface area contributed by atoms with Gasteiger partial charge in [0.2, 0.25) is 5.91 Å². The molecule has 0 aliphatic heterocycles. The molecule has 0 radical (unpaired) electrons. The van der Waals surface area contributed by atoms with Gasteiger partial charge in [0.15, 0.2) is 0 Å². The molecule has 29 heavy (non-hydrogen) atoms. The van der Waals surface area contributed by atoms with Crippen molar-refractivity contribution in [3.63, 3.8) is 0 Å². The molecule has 4 rings (SSSR count). The zero-order valence-electron chi connectivity index (χ0n) is 17.1. The third kappa shape index (κ3) is 5.32. The number of hydrogen-bond donors (Lipinski definition) is 3. The van der Waals surface area contributed by atoms with Gasteiger partial charge in [0.25, 0.3) is 5.91 Å². The highest BCUT2D eigenvalue weighted by Crippen LogP contribution is 2.39. The second kappa shape index (κ2) is 9.94. The Morgan fingerprint density at radius 1 is 0.931 bits per heavy atom. The van der Waals surface area contributed by atoms with Crippen molar-refractivity contribution in [3.8, 4) is 0 Å². The second-order valence-corrected chi connectivity index (χ2v) is 9.08. The van der Waals surface area contributed by atoms with Gasteiger partial charge in [-0.15, -0.1) is 12.4 Å². The van der Waals surface area contributed by atoms with E-state index in [0.717, 1.165) is 44.1 Å². The third-order valence-electron chi connectivity index (χ3n) is 7.08. The maximum Gasteiger partial charge on any atom is 0.251 e. The monoisotopic (exact) mass is 419 g/mol. The summed E-state index contributed by atoms with van der Waals surface area (Å²) in [6, 6.07) is 8.20. The van der Waals surface area contributed by atoms with Crippen LogP contribution in [-0.4, -0.2) is 23.9 Å². The quantitative estimate of drug-likeness (QED) is 0.682. The van der Waals surface area contributed by atoms with E-state index in [2.05, 4.69) is 10.6 Å². The summed E-state index contributed by atoms with van der Waals surface area (Å²) in [5.74, 6) is 1.42. The van der Waals surface area contributed by atoms with Crippen molar-refractivity contribution in [2.24, 2.45) is 23.5 Å². The number of benzene rings is 1. The summed E-state index contributed by atoms with van der Waals surface area (Å²) in [7, 11) is 0. The zero-order chi connectivity index (χ0) is 19.5. The number of hydrogen-bond acceptors (Lipinski definition) is 3. The van der Waals surface area contributed by atoms with Crippen LogP contribution in [0.3, 0.4) is 0 Å². The third-order valence-corrected chi connectivity index (χ3v) is 7.08. The lowest BCUT2D eigenvalue weighted by Crippen LogP contribution is -2.53. The molecule has 0 spiro atoms. The lowest BCUT2D eigenvalue weighted by atomic mass is 9.67. The zero-order valence-corrected chi connectivity index (χ0v) is 17.9. The highest BCUT2D eigenvalue weighted by molar-refractivity contribution is 5.94. The van der Waals surface area contributed by atoms with E-state index in [1.54, 1.807) is 0 Å². The van der Waals surface area contributed by atoms with Crippen LogP contribution in [0.5, 0.6) is 0 Å². The van der Waals surface area contributed by atoms with Gasteiger partial charge < -0.3 is 16.4 Å². The number of fused-ring (bicyclic) bond motifs is 2. The van der Waals surface area contributed by atoms with Crippen molar-refractivity contribution < 1.29 is 9.59 Å². The lowest BCUT2D eigenvalue weighted by Gasteiger charge is -2.45. The van der Waals surface area contributed by atoms with Crippen molar-refractivity contribution in [3.05, 3.63) is 35.4 Å². The smallest absolute Gasteiger partial charge is 0.251 e. The van der Waals surface area contributed by atoms with Gasteiger partial charge in [-0.1, -0.05) is 31.4 Å². The van der Waals surface area contributed by atoms with E-state index >= 15 is 0 Å². The fourth-order valence-electron chi connectivity index (χ4n) is 5.56. The Bertz CT molecular complexity index is 689. The number of halogens is 1. The summed E-state index contributed by atoms with van der Waals surface area (Å²) >= 11 is 0. The number of rotatable bonds is 5. The van der Waals surface area contributed by atoms with E-state index in [1.165, 1.54) is 19.3 Å². The molecule has 4 N–H and O–H groups in total. The van der Waals surface area contributed by atoms with E-state index < -0.39 is 0 Å². The normalized spacial score (nSPS) is 29.0. The van der Waals surface area contributed by atoms with Gasteiger partial charge >= 0.3 is 0 Å². The predicted octanol–water partition coefficient (Wildman–Crippen LogP) is 3.55. The number of nitrogens with one attached hydrogen (secondary N) is 2. The summed E-state index contributed by atoms with van der Waals surface area (Å²) in [5.41, 5.74) is 7.92. The summed E-state index contributed by atoms with van der Waals surface area (Å²) < 4.78 is 0. The lowest BCUT2D eigenvalue weighted by molar-refractivity contribution is -0.124. The Kier molecular flexibility index (Phi) is 7.58. The average molecular weight is 420 g/mol. The largest absolute Gasteiger partial charge is 0.352 e. The molecule has 2 amide bonds. The Morgan fingerprint density at radius 2 is 1.55 bits per heavy atom. The van der Waals surface area contributed by atoms with Gasteiger partial charge in [0.05, 0.1) is 0 Å². The van der Waals surface area contributed by atoms with Crippen LogP contribution in [0, 0.1) is 17.8 Å². The first kappa shape index (κ1) is 22.1. The minimum atomic E-state index is 0. The molecular formula is C23H34ClN3O2. The van der Waals surface area contributed by atoms with Crippen molar-refractivity contribution in [1.29, 1.82) is 0 Å². The molecule has 1 aromatic carbocycles. The number of carbonyl (C=O) groups excluding carboxylic acids is 2. The molecule has 2 unspecified atom stereocenters. The summed E-state index contributed by atoms with van der Waals surface area (Å²) in [6.07, 6.45) is 10.0. The fourth-order valence-corrected chi connectivity index (χ4v) is 5.56. The van der Waals surface area contributed by atoms with Crippen LogP contribution < -0.4 is 16.4 Å². The SMILES string of the molecule is Cl.NC1CC2CCCC(C1)C2NC(=O)c1ccc(CNC(=O)C2CCCC2)cc1. The molecule has 2 bridgehead atoms. The van der Waals surface area contributed by atoms with Gasteiger partial charge in [0, 0.05) is 30.1 Å². The molecule has 3 aliphatic rings. The van der Waals surface area contributed by atoms with E-state index in [1.807, 2.05) is 24.3 Å². The second-order valence-electron chi connectivity index (χ2n) is 9.08. The Balaban J connectivity index is 0.00000240. The van der Waals surface area contributed by atoms with E-state index in [9.17, 15) is 9.59 Å². The van der Waals surface area contributed by atoms with Crippen LogP contribution in [0.4, 0.5) is 0 Å². The van der Waals surface area contributed by atoms with Gasteiger partial charge in [-0.05, 0) is 68.1 Å². The Hall–Kier alpha value is -1.59. The topological polar surface area (TPSA) is 84.2 Å². The van der Waals surface area contributed by atoms with E-state index in [-0.39, 0.29) is 36.2 Å². The molecule has 5 nitrogen and oxygen atoms in total. The molecule has 3 saturated carbocycles. The maximum atomic E-state index is 12.8. The molecule has 3 fully saturated rings. The van der Waals surface area contributed by atoms with Crippen molar-refractivity contribution in [2.45, 2.75) is 76.4 Å². The summed E-state index contributed by atoms with van der Waals surface area (Å²) in [6.45, 7) is 0.530.